The van der Waals surface area contributed by atoms with E-state index >= 15 is 0 Å². The Balaban J connectivity index is 1.59. The molecule has 2 amide bonds. The Morgan fingerprint density at radius 1 is 1.00 bits per heavy atom. The summed E-state index contributed by atoms with van der Waals surface area (Å²) in [6.07, 6.45) is 9.84. The van der Waals surface area contributed by atoms with E-state index in [9.17, 15) is 9.59 Å². The van der Waals surface area contributed by atoms with E-state index in [1.165, 1.54) is 45.4 Å². The van der Waals surface area contributed by atoms with Crippen molar-refractivity contribution in [2.45, 2.75) is 77.3 Å². The molecule has 3 saturated carbocycles. The van der Waals surface area contributed by atoms with Crippen LogP contribution in [0.15, 0.2) is 0 Å². The Morgan fingerprint density at radius 2 is 1.73 bits per heavy atom. The second-order valence-electron chi connectivity index (χ2n) is 7.86. The first-order chi connectivity index (χ1) is 10.5. The van der Waals surface area contributed by atoms with Gasteiger partial charge in [-0.1, -0.05) is 19.3 Å². The second-order valence-corrected chi connectivity index (χ2v) is 7.86. The Kier molecular flexibility index (Phi) is 4.74. The van der Waals surface area contributed by atoms with Gasteiger partial charge in [0.1, 0.15) is 6.04 Å². The molecule has 124 valence electrons. The molecule has 5 atom stereocenters. The van der Waals surface area contributed by atoms with Gasteiger partial charge in [-0.05, 0) is 62.7 Å². The van der Waals surface area contributed by atoms with E-state index in [1.807, 2.05) is 0 Å². The summed E-state index contributed by atoms with van der Waals surface area (Å²) in [6, 6.07) is -0.0958. The fourth-order valence-electron chi connectivity index (χ4n) is 5.23. The van der Waals surface area contributed by atoms with Gasteiger partial charge in [0.15, 0.2) is 0 Å². The van der Waals surface area contributed by atoms with Gasteiger partial charge >= 0.3 is 0 Å². The summed E-state index contributed by atoms with van der Waals surface area (Å²) in [5.41, 5.74) is 0. The van der Waals surface area contributed by atoms with Crippen molar-refractivity contribution in [3.8, 4) is 0 Å². The second kappa shape index (κ2) is 6.59. The van der Waals surface area contributed by atoms with Crippen molar-refractivity contribution in [3.63, 3.8) is 0 Å². The van der Waals surface area contributed by atoms with Crippen molar-refractivity contribution in [3.05, 3.63) is 0 Å². The molecule has 0 radical (unpaired) electrons. The lowest BCUT2D eigenvalue weighted by atomic mass is 9.83. The average molecular weight is 306 g/mol. The summed E-state index contributed by atoms with van der Waals surface area (Å²) in [4.78, 5) is 24.2. The van der Waals surface area contributed by atoms with Crippen molar-refractivity contribution in [2.24, 2.45) is 23.7 Å². The minimum Gasteiger partial charge on any atom is -0.352 e. The highest BCUT2D eigenvalue weighted by Crippen LogP contribution is 2.49. The van der Waals surface area contributed by atoms with Gasteiger partial charge in [0.05, 0.1) is 0 Å². The molecule has 0 aliphatic heterocycles. The van der Waals surface area contributed by atoms with Gasteiger partial charge in [0.2, 0.25) is 11.8 Å². The van der Waals surface area contributed by atoms with Crippen molar-refractivity contribution in [2.75, 3.05) is 0 Å². The largest absolute Gasteiger partial charge is 0.352 e. The molecule has 22 heavy (non-hydrogen) atoms. The molecule has 0 heterocycles. The van der Waals surface area contributed by atoms with Crippen LogP contribution in [0.25, 0.3) is 0 Å². The lowest BCUT2D eigenvalue weighted by Crippen LogP contribution is -2.53. The minimum absolute atomic E-state index is 0.0392. The SMILES string of the molecule is CC(=O)N[C@H](C(=O)N[C@@H](C)[C@H]1C[C@H]2CC[C@H]1C2)C1CCCC1. The maximum Gasteiger partial charge on any atom is 0.243 e. The summed E-state index contributed by atoms with van der Waals surface area (Å²) >= 11 is 0. The van der Waals surface area contributed by atoms with Crippen LogP contribution in [0.3, 0.4) is 0 Å². The first-order valence-corrected chi connectivity index (χ1v) is 9.12. The number of carbonyl (C=O) groups is 2. The highest BCUT2D eigenvalue weighted by molar-refractivity contribution is 5.87. The van der Waals surface area contributed by atoms with Crippen LogP contribution >= 0.6 is 0 Å². The Bertz CT molecular complexity index is 431. The third-order valence-corrected chi connectivity index (χ3v) is 6.32. The van der Waals surface area contributed by atoms with Gasteiger partial charge in [0.25, 0.3) is 0 Å². The van der Waals surface area contributed by atoms with Crippen LogP contribution < -0.4 is 10.6 Å². The maximum atomic E-state index is 12.7. The predicted octanol–water partition coefficient (Wildman–Crippen LogP) is 2.62. The van der Waals surface area contributed by atoms with Gasteiger partial charge in [0, 0.05) is 13.0 Å². The minimum atomic E-state index is -0.332. The number of fused-ring (bicyclic) bond motifs is 2. The van der Waals surface area contributed by atoms with Gasteiger partial charge in [-0.25, -0.2) is 0 Å². The summed E-state index contributed by atoms with van der Waals surface area (Å²) in [5, 5.41) is 6.14. The fourth-order valence-corrected chi connectivity index (χ4v) is 5.23. The number of carbonyl (C=O) groups excluding carboxylic acids is 2. The van der Waals surface area contributed by atoms with E-state index in [0.29, 0.717) is 11.8 Å². The number of nitrogens with one attached hydrogen (secondary N) is 2. The smallest absolute Gasteiger partial charge is 0.243 e. The molecular weight excluding hydrogens is 276 g/mol. The highest BCUT2D eigenvalue weighted by Gasteiger charge is 2.42. The van der Waals surface area contributed by atoms with Crippen LogP contribution in [0.2, 0.25) is 0 Å². The molecule has 3 aliphatic rings. The van der Waals surface area contributed by atoms with Crippen LogP contribution in [0.4, 0.5) is 0 Å². The molecule has 3 fully saturated rings. The molecule has 3 rings (SSSR count). The number of amides is 2. The van der Waals surface area contributed by atoms with E-state index in [-0.39, 0.29) is 23.9 Å². The number of rotatable bonds is 5. The zero-order valence-electron chi connectivity index (χ0n) is 13.9. The topological polar surface area (TPSA) is 58.2 Å². The highest BCUT2D eigenvalue weighted by atomic mass is 16.2. The first-order valence-electron chi connectivity index (χ1n) is 9.12. The Morgan fingerprint density at radius 3 is 2.27 bits per heavy atom. The molecule has 2 bridgehead atoms. The molecule has 0 aromatic rings. The van der Waals surface area contributed by atoms with Crippen molar-refractivity contribution >= 4 is 11.8 Å². The normalized spacial score (nSPS) is 33.6. The van der Waals surface area contributed by atoms with Gasteiger partial charge in [-0.2, -0.15) is 0 Å². The fraction of sp³-hybridized carbons (Fsp3) is 0.889. The number of hydrogen-bond donors (Lipinski definition) is 2. The van der Waals surface area contributed by atoms with Crippen molar-refractivity contribution in [1.29, 1.82) is 0 Å². The van der Waals surface area contributed by atoms with Gasteiger partial charge in [-0.3, -0.25) is 9.59 Å². The van der Waals surface area contributed by atoms with E-state index < -0.39 is 0 Å². The lowest BCUT2D eigenvalue weighted by Gasteiger charge is -2.31. The summed E-state index contributed by atoms with van der Waals surface area (Å²) in [7, 11) is 0. The van der Waals surface area contributed by atoms with Gasteiger partial charge < -0.3 is 10.6 Å². The molecule has 4 nitrogen and oxygen atoms in total. The molecule has 4 heteroatoms. The Hall–Kier alpha value is -1.06. The third kappa shape index (κ3) is 3.31. The predicted molar refractivity (Wildman–Crippen MR) is 86.1 cm³/mol. The summed E-state index contributed by atoms with van der Waals surface area (Å²) < 4.78 is 0. The van der Waals surface area contributed by atoms with Crippen LogP contribution in [-0.2, 0) is 9.59 Å². The van der Waals surface area contributed by atoms with E-state index in [2.05, 4.69) is 17.6 Å². The van der Waals surface area contributed by atoms with Crippen molar-refractivity contribution < 1.29 is 9.59 Å². The molecule has 0 spiro atoms. The van der Waals surface area contributed by atoms with E-state index in [0.717, 1.165) is 24.7 Å². The van der Waals surface area contributed by atoms with Crippen LogP contribution in [0, 0.1) is 23.7 Å². The zero-order valence-corrected chi connectivity index (χ0v) is 13.9. The third-order valence-electron chi connectivity index (χ3n) is 6.32. The molecule has 0 aromatic heterocycles. The molecule has 3 aliphatic carbocycles. The molecule has 0 aromatic carbocycles. The van der Waals surface area contributed by atoms with Crippen molar-refractivity contribution in [1.82, 2.24) is 10.6 Å². The van der Waals surface area contributed by atoms with E-state index in [1.54, 1.807) is 0 Å². The molecule has 0 saturated heterocycles. The maximum absolute atomic E-state index is 12.7. The monoisotopic (exact) mass is 306 g/mol. The molecular formula is C18H30N2O2. The molecule has 2 N–H and O–H groups in total. The first kappa shape index (κ1) is 15.8. The van der Waals surface area contributed by atoms with Crippen LogP contribution in [-0.4, -0.2) is 23.9 Å². The quantitative estimate of drug-likeness (QED) is 0.820. The molecule has 0 unspecified atom stereocenters. The van der Waals surface area contributed by atoms with Gasteiger partial charge in [-0.15, -0.1) is 0 Å². The lowest BCUT2D eigenvalue weighted by molar-refractivity contribution is -0.130. The summed E-state index contributed by atoms with van der Waals surface area (Å²) in [6.45, 7) is 3.66. The number of hydrogen-bond acceptors (Lipinski definition) is 2. The van der Waals surface area contributed by atoms with Crippen LogP contribution in [0.5, 0.6) is 0 Å². The zero-order chi connectivity index (χ0) is 15.7. The Labute approximate surface area is 133 Å². The van der Waals surface area contributed by atoms with Crippen LogP contribution in [0.1, 0.15) is 65.2 Å². The summed E-state index contributed by atoms with van der Waals surface area (Å²) in [5.74, 6) is 2.61. The average Bonchev–Trinajstić information content (AvgIpc) is 3.20. The van der Waals surface area contributed by atoms with E-state index in [4.69, 9.17) is 0 Å². The standard InChI is InChI=1S/C18H30N2O2/c1-11(16-10-13-7-8-15(16)9-13)19-18(22)17(20-12(2)21)14-5-3-4-6-14/h11,13-17H,3-10H2,1-2H3,(H,19,22)(H,20,21)/t11-,13-,15-,16+,17-/m0/s1.